The number of para-hydroxylation sites is 1. The number of methoxy groups -OCH3 is 1. The second-order valence-electron chi connectivity index (χ2n) is 9.41. The molecule has 0 radical (unpaired) electrons. The van der Waals surface area contributed by atoms with Gasteiger partial charge in [-0.1, -0.05) is 30.4 Å². The van der Waals surface area contributed by atoms with E-state index in [1.54, 1.807) is 49.6 Å². The SMILES string of the molecule is COc1ccc(C(=O)[C@@H]2[C@@H](C(C)=O)N3c4ccc(F)cc4C=C[C@@H]3[C@@]23C(=O)Nc2ccccc23)cc1. The van der Waals surface area contributed by atoms with Gasteiger partial charge in [-0.2, -0.15) is 0 Å². The van der Waals surface area contributed by atoms with Crippen molar-refractivity contribution < 1.29 is 23.5 Å². The fourth-order valence-electron chi connectivity index (χ4n) is 6.24. The van der Waals surface area contributed by atoms with Gasteiger partial charge in [0.1, 0.15) is 17.0 Å². The molecule has 1 N–H and O–H groups in total. The molecule has 1 saturated heterocycles. The molecule has 0 bridgehead atoms. The maximum absolute atomic E-state index is 14.3. The lowest BCUT2D eigenvalue weighted by Gasteiger charge is -2.37. The van der Waals surface area contributed by atoms with Crippen LogP contribution < -0.4 is 15.0 Å². The summed E-state index contributed by atoms with van der Waals surface area (Å²) in [6.45, 7) is 1.44. The van der Waals surface area contributed by atoms with Gasteiger partial charge in [0.05, 0.1) is 25.1 Å². The summed E-state index contributed by atoms with van der Waals surface area (Å²) in [6, 6.07) is 16.8. The van der Waals surface area contributed by atoms with Gasteiger partial charge in [0.2, 0.25) is 5.91 Å². The van der Waals surface area contributed by atoms with E-state index in [2.05, 4.69) is 5.32 Å². The molecule has 1 spiro atoms. The molecule has 3 aliphatic rings. The lowest BCUT2D eigenvalue weighted by atomic mass is 9.64. The Bertz CT molecular complexity index is 1460. The average molecular weight is 483 g/mol. The molecule has 3 aromatic carbocycles. The van der Waals surface area contributed by atoms with Gasteiger partial charge in [-0.3, -0.25) is 14.4 Å². The molecular formula is C29H23FN2O4. The number of amides is 1. The van der Waals surface area contributed by atoms with Gasteiger partial charge < -0.3 is 15.0 Å². The summed E-state index contributed by atoms with van der Waals surface area (Å²) in [7, 11) is 1.54. The number of carbonyl (C=O) groups is 3. The fourth-order valence-corrected chi connectivity index (χ4v) is 6.24. The number of halogens is 1. The highest BCUT2D eigenvalue weighted by Gasteiger charge is 2.69. The highest BCUT2D eigenvalue weighted by Crippen LogP contribution is 2.57. The van der Waals surface area contributed by atoms with Crippen molar-refractivity contribution in [3.05, 3.63) is 95.3 Å². The van der Waals surface area contributed by atoms with Crippen molar-refractivity contribution in [2.75, 3.05) is 17.3 Å². The number of nitrogens with one attached hydrogen (secondary N) is 1. The molecule has 1 amide bonds. The maximum Gasteiger partial charge on any atom is 0.238 e. The molecule has 0 unspecified atom stereocenters. The number of hydrogen-bond donors (Lipinski definition) is 1. The Morgan fingerprint density at radius 3 is 2.53 bits per heavy atom. The minimum absolute atomic E-state index is 0.244. The van der Waals surface area contributed by atoms with E-state index in [1.807, 2.05) is 29.2 Å². The van der Waals surface area contributed by atoms with E-state index < -0.39 is 29.2 Å². The molecule has 3 aliphatic heterocycles. The Morgan fingerprint density at radius 1 is 1.06 bits per heavy atom. The van der Waals surface area contributed by atoms with Crippen LogP contribution >= 0.6 is 0 Å². The first-order chi connectivity index (χ1) is 17.4. The molecule has 0 aliphatic carbocycles. The minimum Gasteiger partial charge on any atom is -0.497 e. The first-order valence-corrected chi connectivity index (χ1v) is 11.7. The van der Waals surface area contributed by atoms with Crippen LogP contribution in [-0.2, 0) is 15.0 Å². The maximum atomic E-state index is 14.3. The first kappa shape index (κ1) is 22.2. The van der Waals surface area contributed by atoms with Crippen molar-refractivity contribution in [1.82, 2.24) is 0 Å². The highest BCUT2D eigenvalue weighted by molar-refractivity contribution is 6.16. The Morgan fingerprint density at radius 2 is 1.81 bits per heavy atom. The number of Topliss-reactive ketones (excluding diaryl/α,β-unsaturated/α-hetero) is 2. The number of ether oxygens (including phenoxy) is 1. The standard InChI is InChI=1S/C29H23FN2O4/c1-16(33)26-25(27(34)17-7-11-20(36-2)12-8-17)29(21-5-3-4-6-22(21)31-28(29)35)24-14-9-18-15-19(30)10-13-23(18)32(24)26/h3-15,24-26H,1-2H3,(H,31,35)/t24-,25+,26-,29-/m1/s1. The smallest absolute Gasteiger partial charge is 0.238 e. The van der Waals surface area contributed by atoms with Crippen LogP contribution in [0.1, 0.15) is 28.4 Å². The Labute approximate surface area is 207 Å². The Kier molecular flexibility index (Phi) is 4.86. The van der Waals surface area contributed by atoms with Crippen molar-refractivity contribution in [3.8, 4) is 5.75 Å². The second-order valence-corrected chi connectivity index (χ2v) is 9.41. The lowest BCUT2D eigenvalue weighted by Crippen LogP contribution is -2.51. The summed E-state index contributed by atoms with van der Waals surface area (Å²) >= 11 is 0. The third kappa shape index (κ3) is 2.86. The van der Waals surface area contributed by atoms with Crippen LogP contribution in [0.25, 0.3) is 6.08 Å². The normalized spacial score (nSPS) is 25.2. The largest absolute Gasteiger partial charge is 0.497 e. The van der Waals surface area contributed by atoms with Crippen molar-refractivity contribution in [2.45, 2.75) is 24.4 Å². The fraction of sp³-hybridized carbons (Fsp3) is 0.207. The van der Waals surface area contributed by atoms with Crippen molar-refractivity contribution in [2.24, 2.45) is 5.92 Å². The zero-order valence-electron chi connectivity index (χ0n) is 19.7. The summed E-state index contributed by atoms with van der Waals surface area (Å²) in [6.07, 6.45) is 3.59. The summed E-state index contributed by atoms with van der Waals surface area (Å²) < 4.78 is 19.3. The number of rotatable bonds is 4. The Hall–Kier alpha value is -4.26. The van der Waals surface area contributed by atoms with Gasteiger partial charge in [0, 0.05) is 22.5 Å². The van der Waals surface area contributed by atoms with Crippen LogP contribution in [0.4, 0.5) is 15.8 Å². The quantitative estimate of drug-likeness (QED) is 0.558. The third-order valence-electron chi connectivity index (χ3n) is 7.67. The molecule has 1 fully saturated rings. The van der Waals surface area contributed by atoms with Gasteiger partial charge in [-0.25, -0.2) is 4.39 Å². The minimum atomic E-state index is -1.35. The van der Waals surface area contributed by atoms with E-state index in [9.17, 15) is 18.8 Å². The van der Waals surface area contributed by atoms with Crippen molar-refractivity contribution >= 4 is 34.9 Å². The number of carbonyl (C=O) groups excluding carboxylic acids is 3. The number of ketones is 2. The van der Waals surface area contributed by atoms with Crippen LogP contribution in [0.5, 0.6) is 5.75 Å². The summed E-state index contributed by atoms with van der Waals surface area (Å²) in [5.74, 6) is -1.71. The number of nitrogens with zero attached hydrogens (tertiary/aromatic N) is 1. The topological polar surface area (TPSA) is 75.7 Å². The van der Waals surface area contributed by atoms with Gasteiger partial charge in [-0.05, 0) is 61.0 Å². The zero-order chi connectivity index (χ0) is 25.2. The van der Waals surface area contributed by atoms with Crippen LogP contribution in [-0.4, -0.2) is 36.7 Å². The van der Waals surface area contributed by atoms with Gasteiger partial charge in [-0.15, -0.1) is 0 Å². The number of fused-ring (bicyclic) bond motifs is 6. The summed E-state index contributed by atoms with van der Waals surface area (Å²) in [5.41, 5.74) is 1.54. The molecular weight excluding hydrogens is 459 g/mol. The first-order valence-electron chi connectivity index (χ1n) is 11.7. The van der Waals surface area contributed by atoms with Crippen molar-refractivity contribution in [1.29, 1.82) is 0 Å². The van der Waals surface area contributed by atoms with Crippen LogP contribution in [0.2, 0.25) is 0 Å². The van der Waals surface area contributed by atoms with Crippen molar-refractivity contribution in [3.63, 3.8) is 0 Å². The molecule has 4 atom stereocenters. The summed E-state index contributed by atoms with van der Waals surface area (Å²) in [4.78, 5) is 43.5. The van der Waals surface area contributed by atoms with Gasteiger partial charge >= 0.3 is 0 Å². The monoisotopic (exact) mass is 482 g/mol. The predicted octanol–water partition coefficient (Wildman–Crippen LogP) is 4.40. The molecule has 36 heavy (non-hydrogen) atoms. The predicted molar refractivity (Wildman–Crippen MR) is 134 cm³/mol. The van der Waals surface area contributed by atoms with E-state index in [4.69, 9.17) is 4.74 Å². The summed E-state index contributed by atoms with van der Waals surface area (Å²) in [5, 5.41) is 2.97. The number of anilines is 2. The van der Waals surface area contributed by atoms with Gasteiger partial charge in [0.25, 0.3) is 0 Å². The van der Waals surface area contributed by atoms with Crippen LogP contribution in [0.15, 0.2) is 72.8 Å². The zero-order valence-corrected chi connectivity index (χ0v) is 19.7. The highest BCUT2D eigenvalue weighted by atomic mass is 19.1. The van der Waals surface area contributed by atoms with Crippen LogP contribution in [0.3, 0.4) is 0 Å². The average Bonchev–Trinajstić information content (AvgIpc) is 3.36. The molecule has 6 rings (SSSR count). The second kappa shape index (κ2) is 7.88. The molecule has 0 saturated carbocycles. The van der Waals surface area contributed by atoms with E-state index in [0.29, 0.717) is 33.8 Å². The molecule has 6 nitrogen and oxygen atoms in total. The Balaban J connectivity index is 1.63. The molecule has 180 valence electrons. The molecule has 0 aromatic heterocycles. The van der Waals surface area contributed by atoms with E-state index in [0.717, 1.165) is 0 Å². The molecule has 3 aromatic rings. The van der Waals surface area contributed by atoms with Gasteiger partial charge in [0.15, 0.2) is 11.6 Å². The van der Waals surface area contributed by atoms with E-state index >= 15 is 0 Å². The number of benzene rings is 3. The number of hydrogen-bond acceptors (Lipinski definition) is 5. The molecule has 7 heteroatoms. The molecule has 3 heterocycles. The van der Waals surface area contributed by atoms with E-state index in [-0.39, 0.29) is 17.5 Å². The lowest BCUT2D eigenvalue weighted by molar-refractivity contribution is -0.122. The third-order valence-corrected chi connectivity index (χ3v) is 7.67. The van der Waals surface area contributed by atoms with E-state index in [1.165, 1.54) is 19.1 Å². The van der Waals surface area contributed by atoms with Crippen LogP contribution in [0, 0.1) is 11.7 Å².